The van der Waals surface area contributed by atoms with E-state index in [-0.39, 0.29) is 6.61 Å². The second-order valence-electron chi connectivity index (χ2n) is 3.53. The Hall–Kier alpha value is -1.30. The van der Waals surface area contributed by atoms with Crippen molar-refractivity contribution in [1.29, 1.82) is 0 Å². The van der Waals surface area contributed by atoms with Gasteiger partial charge in [0, 0.05) is 18.6 Å². The normalized spacial score (nSPS) is 9.62. The van der Waals surface area contributed by atoms with Crippen LogP contribution in [0.2, 0.25) is 0 Å². The molecule has 2 nitrogen and oxygen atoms in total. The molecular formula is C14H18O2. The molecule has 86 valence electrons. The van der Waals surface area contributed by atoms with E-state index in [1.165, 1.54) is 0 Å². The first-order chi connectivity index (χ1) is 7.86. The zero-order valence-corrected chi connectivity index (χ0v) is 9.70. The average molecular weight is 218 g/mol. The van der Waals surface area contributed by atoms with E-state index in [2.05, 4.69) is 18.8 Å². The minimum Gasteiger partial charge on any atom is -0.395 e. The topological polar surface area (TPSA) is 29.5 Å². The number of hydrogen-bond donors (Lipinski definition) is 1. The Labute approximate surface area is 97.3 Å². The largest absolute Gasteiger partial charge is 0.395 e. The summed E-state index contributed by atoms with van der Waals surface area (Å²) in [6.45, 7) is 3.65. The highest BCUT2D eigenvalue weighted by atomic mass is 16.5. The van der Waals surface area contributed by atoms with Crippen molar-refractivity contribution < 1.29 is 9.84 Å². The van der Waals surface area contributed by atoms with E-state index >= 15 is 0 Å². The van der Waals surface area contributed by atoms with Crippen LogP contribution in [0.15, 0.2) is 24.3 Å². The second-order valence-corrected chi connectivity index (χ2v) is 3.53. The number of ether oxygens (including phenoxy) is 1. The third-order valence-corrected chi connectivity index (χ3v) is 2.01. The minimum atomic E-state index is 0.117. The SMILES string of the molecule is CCCOCc1cccc(C#CCCO)c1. The fraction of sp³-hybridized carbons (Fsp3) is 0.429. The summed E-state index contributed by atoms with van der Waals surface area (Å²) < 4.78 is 5.46. The van der Waals surface area contributed by atoms with E-state index < -0.39 is 0 Å². The zero-order chi connectivity index (χ0) is 11.6. The summed E-state index contributed by atoms with van der Waals surface area (Å²) in [6.07, 6.45) is 1.56. The molecule has 1 aromatic rings. The Bertz CT molecular complexity index is 360. The van der Waals surface area contributed by atoms with Gasteiger partial charge in [-0.2, -0.15) is 0 Å². The highest BCUT2D eigenvalue weighted by Gasteiger charge is 1.93. The predicted molar refractivity (Wildman–Crippen MR) is 65.0 cm³/mol. The molecule has 0 aliphatic carbocycles. The summed E-state index contributed by atoms with van der Waals surface area (Å²) in [6, 6.07) is 8.01. The first-order valence-electron chi connectivity index (χ1n) is 5.63. The molecule has 0 saturated carbocycles. The molecule has 1 rings (SSSR count). The van der Waals surface area contributed by atoms with Crippen LogP contribution >= 0.6 is 0 Å². The molecule has 0 radical (unpaired) electrons. The number of benzene rings is 1. The van der Waals surface area contributed by atoms with Crippen molar-refractivity contribution in [2.75, 3.05) is 13.2 Å². The Kier molecular flexibility index (Phi) is 6.32. The third kappa shape index (κ3) is 4.97. The van der Waals surface area contributed by atoms with Gasteiger partial charge >= 0.3 is 0 Å². The standard InChI is InChI=1S/C14H18O2/c1-2-10-16-12-14-8-5-7-13(11-14)6-3-4-9-15/h5,7-8,11,15H,2,4,9-10,12H2,1H3. The summed E-state index contributed by atoms with van der Waals surface area (Å²) in [5.41, 5.74) is 2.12. The van der Waals surface area contributed by atoms with Gasteiger partial charge in [0.05, 0.1) is 13.2 Å². The quantitative estimate of drug-likeness (QED) is 0.607. The van der Waals surface area contributed by atoms with Crippen LogP contribution in [0.3, 0.4) is 0 Å². The third-order valence-electron chi connectivity index (χ3n) is 2.01. The highest BCUT2D eigenvalue weighted by Crippen LogP contribution is 2.05. The maximum Gasteiger partial charge on any atom is 0.0717 e. The number of aliphatic hydroxyl groups excluding tert-OH is 1. The van der Waals surface area contributed by atoms with Crippen molar-refractivity contribution in [2.24, 2.45) is 0 Å². The van der Waals surface area contributed by atoms with E-state index in [4.69, 9.17) is 9.84 Å². The van der Waals surface area contributed by atoms with Gasteiger partial charge in [0.2, 0.25) is 0 Å². The van der Waals surface area contributed by atoms with Gasteiger partial charge in [0.25, 0.3) is 0 Å². The van der Waals surface area contributed by atoms with Gasteiger partial charge in [-0.1, -0.05) is 30.9 Å². The van der Waals surface area contributed by atoms with Crippen LogP contribution < -0.4 is 0 Å². The molecule has 16 heavy (non-hydrogen) atoms. The summed E-state index contributed by atoms with van der Waals surface area (Å²) in [5, 5.41) is 8.62. The number of aliphatic hydroxyl groups is 1. The van der Waals surface area contributed by atoms with Crippen LogP contribution in [0.5, 0.6) is 0 Å². The highest BCUT2D eigenvalue weighted by molar-refractivity contribution is 5.36. The fourth-order valence-electron chi connectivity index (χ4n) is 1.29. The second kappa shape index (κ2) is 7.92. The van der Waals surface area contributed by atoms with Crippen LogP contribution in [0.4, 0.5) is 0 Å². The molecule has 0 spiro atoms. The molecule has 0 aromatic heterocycles. The summed E-state index contributed by atoms with van der Waals surface area (Å²) in [7, 11) is 0. The minimum absolute atomic E-state index is 0.117. The van der Waals surface area contributed by atoms with Crippen LogP contribution in [-0.2, 0) is 11.3 Å². The Morgan fingerprint density at radius 3 is 3.00 bits per heavy atom. The molecule has 0 aliphatic heterocycles. The van der Waals surface area contributed by atoms with Crippen LogP contribution in [0.1, 0.15) is 30.9 Å². The van der Waals surface area contributed by atoms with Crippen molar-refractivity contribution >= 4 is 0 Å². The molecule has 1 N–H and O–H groups in total. The van der Waals surface area contributed by atoms with E-state index in [1.807, 2.05) is 24.3 Å². The maximum absolute atomic E-state index is 8.62. The molecule has 0 unspecified atom stereocenters. The summed E-state index contributed by atoms with van der Waals surface area (Å²) >= 11 is 0. The lowest BCUT2D eigenvalue weighted by Gasteiger charge is -2.02. The molecule has 0 bridgehead atoms. The molecule has 0 fully saturated rings. The maximum atomic E-state index is 8.62. The molecule has 0 saturated heterocycles. The Morgan fingerprint density at radius 2 is 2.25 bits per heavy atom. The monoisotopic (exact) mass is 218 g/mol. The Balaban J connectivity index is 2.54. The Morgan fingerprint density at radius 1 is 1.38 bits per heavy atom. The predicted octanol–water partition coefficient (Wildman–Crippen LogP) is 2.35. The molecule has 0 aliphatic rings. The van der Waals surface area contributed by atoms with Crippen LogP contribution in [-0.4, -0.2) is 18.3 Å². The average Bonchev–Trinajstić information content (AvgIpc) is 2.30. The van der Waals surface area contributed by atoms with Gasteiger partial charge in [0.15, 0.2) is 0 Å². The van der Waals surface area contributed by atoms with Crippen molar-refractivity contribution in [2.45, 2.75) is 26.4 Å². The van der Waals surface area contributed by atoms with Crippen LogP contribution in [0, 0.1) is 11.8 Å². The van der Waals surface area contributed by atoms with Crippen molar-refractivity contribution in [3.63, 3.8) is 0 Å². The van der Waals surface area contributed by atoms with Crippen LogP contribution in [0.25, 0.3) is 0 Å². The van der Waals surface area contributed by atoms with Gasteiger partial charge in [0.1, 0.15) is 0 Å². The molecule has 0 atom stereocenters. The lowest BCUT2D eigenvalue weighted by molar-refractivity contribution is 0.121. The molecule has 1 aromatic carbocycles. The lowest BCUT2D eigenvalue weighted by Crippen LogP contribution is -1.94. The molecule has 2 heteroatoms. The summed E-state index contributed by atoms with van der Waals surface area (Å²) in [4.78, 5) is 0. The number of rotatable bonds is 5. The fourth-order valence-corrected chi connectivity index (χ4v) is 1.29. The molecular weight excluding hydrogens is 200 g/mol. The van der Waals surface area contributed by atoms with Crippen molar-refractivity contribution in [3.05, 3.63) is 35.4 Å². The van der Waals surface area contributed by atoms with Gasteiger partial charge in [-0.15, -0.1) is 0 Å². The van der Waals surface area contributed by atoms with Crippen molar-refractivity contribution in [3.8, 4) is 11.8 Å². The molecule has 0 heterocycles. The first kappa shape index (κ1) is 12.8. The first-order valence-corrected chi connectivity index (χ1v) is 5.63. The van der Waals surface area contributed by atoms with Gasteiger partial charge in [-0.3, -0.25) is 0 Å². The molecule has 0 amide bonds. The van der Waals surface area contributed by atoms with E-state index in [0.29, 0.717) is 13.0 Å². The number of hydrogen-bond acceptors (Lipinski definition) is 2. The van der Waals surface area contributed by atoms with Gasteiger partial charge in [-0.05, 0) is 24.1 Å². The lowest BCUT2D eigenvalue weighted by atomic mass is 10.1. The van der Waals surface area contributed by atoms with E-state index in [1.54, 1.807) is 0 Å². The van der Waals surface area contributed by atoms with E-state index in [0.717, 1.165) is 24.2 Å². The van der Waals surface area contributed by atoms with Gasteiger partial charge in [-0.25, -0.2) is 0 Å². The van der Waals surface area contributed by atoms with Gasteiger partial charge < -0.3 is 9.84 Å². The van der Waals surface area contributed by atoms with E-state index in [9.17, 15) is 0 Å². The summed E-state index contributed by atoms with van der Waals surface area (Å²) in [5.74, 6) is 5.92. The smallest absolute Gasteiger partial charge is 0.0717 e. The zero-order valence-electron chi connectivity index (χ0n) is 9.70. The van der Waals surface area contributed by atoms with Crippen molar-refractivity contribution in [1.82, 2.24) is 0 Å².